The van der Waals surface area contributed by atoms with Gasteiger partial charge in [0.15, 0.2) is 0 Å². The summed E-state index contributed by atoms with van der Waals surface area (Å²) in [6.07, 6.45) is 0.610. The maximum absolute atomic E-state index is 11.5. The van der Waals surface area contributed by atoms with Gasteiger partial charge in [-0.2, -0.15) is 0 Å². The largest absolute Gasteiger partial charge is 0.378 e. The topological polar surface area (TPSA) is 64.4 Å². The summed E-state index contributed by atoms with van der Waals surface area (Å²) in [5, 5.41) is 3.16. The molecule has 0 aromatic heterocycles. The van der Waals surface area contributed by atoms with Crippen LogP contribution in [0.25, 0.3) is 0 Å². The molecule has 1 atom stereocenters. The minimum absolute atomic E-state index is 0.332. The van der Waals surface area contributed by atoms with E-state index < -0.39 is 5.54 Å². The molecule has 1 heterocycles. The van der Waals surface area contributed by atoms with Crippen molar-refractivity contribution in [2.75, 3.05) is 18.5 Å². The van der Waals surface area contributed by atoms with Crippen LogP contribution in [0.15, 0.2) is 28.7 Å². The third-order valence-electron chi connectivity index (χ3n) is 2.72. The molecule has 1 aliphatic rings. The van der Waals surface area contributed by atoms with Gasteiger partial charge in [-0.1, -0.05) is 15.9 Å². The van der Waals surface area contributed by atoms with Crippen molar-refractivity contribution in [3.05, 3.63) is 28.7 Å². The van der Waals surface area contributed by atoms with E-state index in [-0.39, 0.29) is 5.91 Å². The molecule has 0 aliphatic carbocycles. The van der Waals surface area contributed by atoms with Crippen molar-refractivity contribution in [2.24, 2.45) is 5.73 Å². The number of anilines is 1. The number of nitrogens with one attached hydrogen (secondary N) is 1. The molecule has 1 saturated heterocycles. The van der Waals surface area contributed by atoms with Crippen molar-refractivity contribution < 1.29 is 9.53 Å². The lowest BCUT2D eigenvalue weighted by Gasteiger charge is -2.26. The van der Waals surface area contributed by atoms with Gasteiger partial charge in [0.1, 0.15) is 5.54 Å². The number of hydrogen-bond acceptors (Lipinski definition) is 3. The molecule has 0 radical (unpaired) electrons. The van der Waals surface area contributed by atoms with E-state index in [2.05, 4.69) is 21.2 Å². The third-order valence-corrected chi connectivity index (χ3v) is 3.25. The van der Waals surface area contributed by atoms with Crippen LogP contribution >= 0.6 is 15.9 Å². The monoisotopic (exact) mass is 284 g/mol. The van der Waals surface area contributed by atoms with Crippen molar-refractivity contribution in [3.8, 4) is 0 Å². The van der Waals surface area contributed by atoms with Crippen LogP contribution in [-0.2, 0) is 9.53 Å². The Morgan fingerprint density at radius 3 is 2.62 bits per heavy atom. The molecule has 1 unspecified atom stereocenters. The van der Waals surface area contributed by atoms with Gasteiger partial charge < -0.3 is 15.8 Å². The fourth-order valence-corrected chi connectivity index (χ4v) is 1.99. The van der Waals surface area contributed by atoms with Gasteiger partial charge in [-0.3, -0.25) is 4.79 Å². The minimum atomic E-state index is -0.756. The zero-order valence-electron chi connectivity index (χ0n) is 8.70. The molecule has 4 nitrogen and oxygen atoms in total. The van der Waals surface area contributed by atoms with Gasteiger partial charge >= 0.3 is 0 Å². The molecule has 0 saturated carbocycles. The highest BCUT2D eigenvalue weighted by molar-refractivity contribution is 9.10. The van der Waals surface area contributed by atoms with Gasteiger partial charge in [-0.25, -0.2) is 0 Å². The molecule has 1 amide bonds. The molecule has 1 fully saturated rings. The number of hydrogen-bond donors (Lipinski definition) is 2. The lowest BCUT2D eigenvalue weighted by molar-refractivity contribution is -0.122. The van der Waals surface area contributed by atoms with E-state index in [9.17, 15) is 4.79 Å². The molecule has 1 aromatic rings. The third kappa shape index (κ3) is 2.20. The summed E-state index contributed by atoms with van der Waals surface area (Å²) in [5.41, 5.74) is 5.53. The second kappa shape index (κ2) is 4.43. The van der Waals surface area contributed by atoms with Gasteiger partial charge in [0.25, 0.3) is 0 Å². The van der Waals surface area contributed by atoms with Crippen LogP contribution in [0.5, 0.6) is 0 Å². The van der Waals surface area contributed by atoms with Crippen LogP contribution < -0.4 is 11.1 Å². The summed E-state index contributed by atoms with van der Waals surface area (Å²) in [4.78, 5) is 11.5. The van der Waals surface area contributed by atoms with Crippen LogP contribution in [0, 0.1) is 0 Å². The highest BCUT2D eigenvalue weighted by atomic mass is 79.9. The van der Waals surface area contributed by atoms with E-state index in [1.54, 1.807) is 0 Å². The molecule has 3 N–H and O–H groups in total. The second-order valence-electron chi connectivity index (χ2n) is 3.88. The van der Waals surface area contributed by atoms with E-state index in [0.717, 1.165) is 10.2 Å². The molecular formula is C11H13BrN2O2. The summed E-state index contributed by atoms with van der Waals surface area (Å²) in [6, 6.07) is 7.61. The van der Waals surface area contributed by atoms with E-state index in [4.69, 9.17) is 10.5 Å². The Labute approximate surface area is 102 Å². The minimum Gasteiger partial charge on any atom is -0.378 e. The van der Waals surface area contributed by atoms with E-state index in [1.807, 2.05) is 24.3 Å². The van der Waals surface area contributed by atoms with Crippen molar-refractivity contribution in [1.82, 2.24) is 0 Å². The number of nitrogens with two attached hydrogens (primary N) is 1. The molecule has 1 aliphatic heterocycles. The number of halogens is 1. The van der Waals surface area contributed by atoms with Gasteiger partial charge in [0, 0.05) is 23.2 Å². The number of amides is 1. The van der Waals surface area contributed by atoms with Gasteiger partial charge in [0.05, 0.1) is 6.61 Å². The van der Waals surface area contributed by atoms with Crippen molar-refractivity contribution in [2.45, 2.75) is 12.0 Å². The van der Waals surface area contributed by atoms with Crippen molar-refractivity contribution in [1.29, 1.82) is 0 Å². The molecule has 16 heavy (non-hydrogen) atoms. The lowest BCUT2D eigenvalue weighted by atomic mass is 9.97. The number of benzene rings is 1. The first-order valence-electron chi connectivity index (χ1n) is 5.04. The van der Waals surface area contributed by atoms with Gasteiger partial charge in [0.2, 0.25) is 5.91 Å². The second-order valence-corrected chi connectivity index (χ2v) is 4.80. The Bertz CT molecular complexity index is 385. The van der Waals surface area contributed by atoms with Gasteiger partial charge in [-0.05, 0) is 24.3 Å². The average molecular weight is 285 g/mol. The lowest BCUT2D eigenvalue weighted by Crippen LogP contribution is -2.51. The molecule has 0 spiro atoms. The number of rotatable bonds is 3. The Balaban J connectivity index is 2.18. The number of ether oxygens (including phenoxy) is 1. The summed E-state index contributed by atoms with van der Waals surface area (Å²) in [5.74, 6) is -0.368. The molecule has 2 rings (SSSR count). The van der Waals surface area contributed by atoms with Crippen molar-refractivity contribution in [3.63, 3.8) is 0 Å². The Morgan fingerprint density at radius 2 is 2.12 bits per heavy atom. The average Bonchev–Trinajstić information content (AvgIpc) is 2.71. The molecule has 86 valence electrons. The fraction of sp³-hybridized carbons (Fsp3) is 0.364. The van der Waals surface area contributed by atoms with Crippen LogP contribution in [-0.4, -0.2) is 24.7 Å². The Hall–Kier alpha value is -1.07. The first kappa shape index (κ1) is 11.4. The van der Waals surface area contributed by atoms with Crippen LogP contribution in [0.2, 0.25) is 0 Å². The number of carbonyl (C=O) groups is 1. The predicted molar refractivity (Wildman–Crippen MR) is 65.1 cm³/mol. The fourth-order valence-electron chi connectivity index (χ4n) is 1.73. The SMILES string of the molecule is NC(=O)C1(Nc2ccc(Br)cc2)CCOC1. The standard InChI is InChI=1S/C11H13BrN2O2/c12-8-1-3-9(4-2-8)14-11(10(13)15)5-6-16-7-11/h1-4,14H,5-7H2,(H2,13,15). The normalized spacial score (nSPS) is 24.3. The highest BCUT2D eigenvalue weighted by Crippen LogP contribution is 2.25. The van der Waals surface area contributed by atoms with Crippen LogP contribution in [0.4, 0.5) is 5.69 Å². The summed E-state index contributed by atoms with van der Waals surface area (Å²) in [6.45, 7) is 0.894. The maximum Gasteiger partial charge on any atom is 0.245 e. The van der Waals surface area contributed by atoms with Crippen molar-refractivity contribution >= 4 is 27.5 Å². The first-order valence-corrected chi connectivity index (χ1v) is 5.83. The number of primary amides is 1. The molecule has 0 bridgehead atoms. The highest BCUT2D eigenvalue weighted by Gasteiger charge is 2.40. The number of carbonyl (C=O) groups excluding carboxylic acids is 1. The van der Waals surface area contributed by atoms with E-state index >= 15 is 0 Å². The maximum atomic E-state index is 11.5. The van der Waals surface area contributed by atoms with Gasteiger partial charge in [-0.15, -0.1) is 0 Å². The summed E-state index contributed by atoms with van der Waals surface area (Å²) in [7, 11) is 0. The summed E-state index contributed by atoms with van der Waals surface area (Å²) < 4.78 is 6.24. The molecular weight excluding hydrogens is 272 g/mol. The van der Waals surface area contributed by atoms with E-state index in [1.165, 1.54) is 0 Å². The molecule has 1 aromatic carbocycles. The first-order chi connectivity index (χ1) is 7.62. The quantitative estimate of drug-likeness (QED) is 0.884. The Kier molecular flexibility index (Phi) is 3.16. The predicted octanol–water partition coefficient (Wildman–Crippen LogP) is 1.51. The Morgan fingerprint density at radius 1 is 1.44 bits per heavy atom. The molecule has 5 heteroatoms. The summed E-state index contributed by atoms with van der Waals surface area (Å²) >= 11 is 3.36. The zero-order chi connectivity index (χ0) is 11.6. The van der Waals surface area contributed by atoms with Crippen LogP contribution in [0.3, 0.4) is 0 Å². The van der Waals surface area contributed by atoms with E-state index in [0.29, 0.717) is 19.6 Å². The smallest absolute Gasteiger partial charge is 0.245 e. The van der Waals surface area contributed by atoms with Crippen LogP contribution in [0.1, 0.15) is 6.42 Å². The zero-order valence-corrected chi connectivity index (χ0v) is 10.3.